The Morgan fingerprint density at radius 1 is 0.917 bits per heavy atom. The van der Waals surface area contributed by atoms with E-state index in [2.05, 4.69) is 0 Å². The molecular weight excluding hydrogens is 314 g/mol. The first kappa shape index (κ1) is 17.1. The number of hydrogen-bond acceptors (Lipinski definition) is 6. The van der Waals surface area contributed by atoms with Gasteiger partial charge in [-0.05, 0) is 50.2 Å². The maximum Gasteiger partial charge on any atom is 0.343 e. The van der Waals surface area contributed by atoms with Crippen LogP contribution in [0, 0.1) is 10.1 Å². The first-order valence-corrected chi connectivity index (χ1v) is 7.14. The Balaban J connectivity index is 2.04. The molecule has 7 heteroatoms. The van der Waals surface area contributed by atoms with Crippen LogP contribution in [0.3, 0.4) is 0 Å². The molecule has 0 radical (unpaired) electrons. The zero-order valence-electron chi connectivity index (χ0n) is 13.1. The molecule has 0 heterocycles. The Kier molecular flexibility index (Phi) is 5.26. The van der Waals surface area contributed by atoms with E-state index in [9.17, 15) is 19.7 Å². The van der Waals surface area contributed by atoms with Crippen molar-refractivity contribution in [1.29, 1.82) is 0 Å². The van der Waals surface area contributed by atoms with Gasteiger partial charge >= 0.3 is 11.9 Å². The summed E-state index contributed by atoms with van der Waals surface area (Å²) in [5.74, 6) is -0.915. The molecule has 0 atom stereocenters. The highest BCUT2D eigenvalue weighted by Crippen LogP contribution is 2.18. The summed E-state index contributed by atoms with van der Waals surface area (Å²) < 4.78 is 10.2. The van der Waals surface area contributed by atoms with Gasteiger partial charge in [-0.2, -0.15) is 0 Å². The van der Waals surface area contributed by atoms with E-state index in [4.69, 9.17) is 9.47 Å². The third kappa shape index (κ3) is 4.39. The highest BCUT2D eigenvalue weighted by atomic mass is 16.6. The topological polar surface area (TPSA) is 95.7 Å². The Hall–Kier alpha value is -3.22. The van der Waals surface area contributed by atoms with Crippen LogP contribution in [0.5, 0.6) is 5.75 Å². The highest BCUT2D eigenvalue weighted by molar-refractivity contribution is 5.94. The predicted molar refractivity (Wildman–Crippen MR) is 85.0 cm³/mol. The van der Waals surface area contributed by atoms with Gasteiger partial charge in [0.2, 0.25) is 0 Å². The van der Waals surface area contributed by atoms with Gasteiger partial charge in [-0.3, -0.25) is 10.1 Å². The second-order valence-electron chi connectivity index (χ2n) is 5.17. The van der Waals surface area contributed by atoms with Crippen molar-refractivity contribution in [1.82, 2.24) is 0 Å². The van der Waals surface area contributed by atoms with Gasteiger partial charge in [0.15, 0.2) is 0 Å². The molecule has 0 aliphatic rings. The normalized spacial score (nSPS) is 10.3. The van der Waals surface area contributed by atoms with Gasteiger partial charge in [0.05, 0.1) is 22.2 Å². The molecule has 0 amide bonds. The zero-order valence-corrected chi connectivity index (χ0v) is 13.1. The molecule has 0 saturated carbocycles. The monoisotopic (exact) mass is 329 g/mol. The van der Waals surface area contributed by atoms with E-state index in [1.807, 2.05) is 0 Å². The smallest absolute Gasteiger partial charge is 0.343 e. The first-order valence-electron chi connectivity index (χ1n) is 7.14. The summed E-state index contributed by atoms with van der Waals surface area (Å²) in [6.45, 7) is 3.49. The van der Waals surface area contributed by atoms with Gasteiger partial charge in [-0.15, -0.1) is 0 Å². The van der Waals surface area contributed by atoms with Crippen LogP contribution in [-0.2, 0) is 4.74 Å². The molecule has 0 aromatic heterocycles. The lowest BCUT2D eigenvalue weighted by Gasteiger charge is -2.08. The van der Waals surface area contributed by atoms with Crippen molar-refractivity contribution >= 4 is 17.6 Å². The van der Waals surface area contributed by atoms with Gasteiger partial charge in [-0.25, -0.2) is 9.59 Å². The first-order chi connectivity index (χ1) is 11.4. The van der Waals surface area contributed by atoms with Gasteiger partial charge in [0, 0.05) is 12.1 Å². The fourth-order valence-electron chi connectivity index (χ4n) is 1.83. The van der Waals surface area contributed by atoms with Crippen molar-refractivity contribution in [2.24, 2.45) is 0 Å². The Bertz CT molecular complexity index is 750. The molecule has 0 saturated heterocycles. The Morgan fingerprint density at radius 2 is 1.42 bits per heavy atom. The van der Waals surface area contributed by atoms with Crippen molar-refractivity contribution in [3.05, 3.63) is 69.8 Å². The van der Waals surface area contributed by atoms with Crippen LogP contribution >= 0.6 is 0 Å². The van der Waals surface area contributed by atoms with Crippen molar-refractivity contribution in [2.75, 3.05) is 0 Å². The number of benzene rings is 2. The summed E-state index contributed by atoms with van der Waals surface area (Å²) in [6, 6.07) is 11.0. The average molecular weight is 329 g/mol. The molecule has 24 heavy (non-hydrogen) atoms. The predicted octanol–water partition coefficient (Wildman–Crippen LogP) is 3.38. The molecular formula is C17H15NO6. The number of carbonyl (C=O) groups is 2. The number of hydrogen-bond donors (Lipinski definition) is 0. The minimum Gasteiger partial charge on any atom is -0.459 e. The number of esters is 2. The molecule has 2 aromatic carbocycles. The number of rotatable bonds is 5. The van der Waals surface area contributed by atoms with E-state index >= 15 is 0 Å². The van der Waals surface area contributed by atoms with Gasteiger partial charge in [-0.1, -0.05) is 0 Å². The van der Waals surface area contributed by atoms with Crippen LogP contribution in [0.4, 0.5) is 5.69 Å². The van der Waals surface area contributed by atoms with E-state index in [0.717, 1.165) is 0 Å². The second-order valence-corrected chi connectivity index (χ2v) is 5.17. The quantitative estimate of drug-likeness (QED) is 0.361. The number of nitro benzene ring substituents is 1. The lowest BCUT2D eigenvalue weighted by Crippen LogP contribution is -2.12. The lowest BCUT2D eigenvalue weighted by molar-refractivity contribution is -0.384. The van der Waals surface area contributed by atoms with Gasteiger partial charge < -0.3 is 9.47 Å². The second kappa shape index (κ2) is 7.36. The number of carbonyl (C=O) groups excluding carboxylic acids is 2. The number of non-ortho nitro benzene ring substituents is 1. The van der Waals surface area contributed by atoms with Crippen molar-refractivity contribution in [2.45, 2.75) is 20.0 Å². The molecule has 0 fully saturated rings. The summed E-state index contributed by atoms with van der Waals surface area (Å²) >= 11 is 0. The molecule has 0 aliphatic heterocycles. The molecule has 0 spiro atoms. The molecule has 0 aliphatic carbocycles. The SMILES string of the molecule is CC(C)OC(=O)c1ccc(C(=O)Oc2ccc([N+](=O)[O-])cc2)cc1. The minimum absolute atomic E-state index is 0.0946. The summed E-state index contributed by atoms with van der Waals surface area (Å²) in [6.07, 6.45) is -0.232. The summed E-state index contributed by atoms with van der Waals surface area (Å²) in [4.78, 5) is 33.8. The number of nitro groups is 1. The van der Waals surface area contributed by atoms with Crippen LogP contribution < -0.4 is 4.74 Å². The molecule has 2 aromatic rings. The third-order valence-corrected chi connectivity index (χ3v) is 2.96. The van der Waals surface area contributed by atoms with Crippen LogP contribution in [0.25, 0.3) is 0 Å². The average Bonchev–Trinajstić information content (AvgIpc) is 2.54. The van der Waals surface area contributed by atoms with Crippen LogP contribution in [0.1, 0.15) is 34.6 Å². The summed E-state index contributed by atoms with van der Waals surface area (Å²) in [5.41, 5.74) is 0.479. The fourth-order valence-corrected chi connectivity index (χ4v) is 1.83. The van der Waals surface area contributed by atoms with Gasteiger partial charge in [0.25, 0.3) is 5.69 Å². The Labute approximate surface area is 138 Å². The van der Waals surface area contributed by atoms with Gasteiger partial charge in [0.1, 0.15) is 5.75 Å². The fraction of sp³-hybridized carbons (Fsp3) is 0.176. The molecule has 0 bridgehead atoms. The van der Waals surface area contributed by atoms with Crippen molar-refractivity contribution in [3.63, 3.8) is 0 Å². The Morgan fingerprint density at radius 3 is 1.88 bits per heavy atom. The van der Waals surface area contributed by atoms with Crippen LogP contribution in [0.15, 0.2) is 48.5 Å². The molecule has 7 nitrogen and oxygen atoms in total. The maximum absolute atomic E-state index is 12.0. The van der Waals surface area contributed by atoms with E-state index < -0.39 is 16.9 Å². The highest BCUT2D eigenvalue weighted by Gasteiger charge is 2.13. The zero-order chi connectivity index (χ0) is 17.7. The van der Waals surface area contributed by atoms with E-state index in [1.165, 1.54) is 48.5 Å². The third-order valence-electron chi connectivity index (χ3n) is 2.96. The molecule has 124 valence electrons. The van der Waals surface area contributed by atoms with E-state index in [1.54, 1.807) is 13.8 Å². The maximum atomic E-state index is 12.0. The van der Waals surface area contributed by atoms with Crippen molar-refractivity contribution in [3.8, 4) is 5.75 Å². The van der Waals surface area contributed by atoms with Crippen LogP contribution in [-0.4, -0.2) is 23.0 Å². The molecule has 0 N–H and O–H groups in total. The molecule has 0 unspecified atom stereocenters. The standard InChI is InChI=1S/C17H15NO6/c1-11(2)23-16(19)12-3-5-13(6-4-12)17(20)24-15-9-7-14(8-10-15)18(21)22/h3-11H,1-2H3. The van der Waals surface area contributed by atoms with E-state index in [-0.39, 0.29) is 23.1 Å². The van der Waals surface area contributed by atoms with Crippen LogP contribution in [0.2, 0.25) is 0 Å². The summed E-state index contributed by atoms with van der Waals surface area (Å²) in [5, 5.41) is 10.6. The van der Waals surface area contributed by atoms with Crippen molar-refractivity contribution < 1.29 is 24.0 Å². The number of nitrogens with zero attached hydrogens (tertiary/aromatic N) is 1. The lowest BCUT2D eigenvalue weighted by atomic mass is 10.1. The summed E-state index contributed by atoms with van der Waals surface area (Å²) in [7, 11) is 0. The largest absolute Gasteiger partial charge is 0.459 e. The van der Waals surface area contributed by atoms with E-state index in [0.29, 0.717) is 5.56 Å². The minimum atomic E-state index is -0.632. The number of ether oxygens (including phenoxy) is 2. The molecule has 2 rings (SSSR count).